The fraction of sp³-hybridized carbons (Fsp3) is 0.176. The van der Waals surface area contributed by atoms with E-state index in [4.69, 9.17) is 16.3 Å². The molecule has 0 saturated heterocycles. The van der Waals surface area contributed by atoms with Crippen molar-refractivity contribution in [3.8, 4) is 5.75 Å². The van der Waals surface area contributed by atoms with Gasteiger partial charge in [0.05, 0.1) is 18.4 Å². The summed E-state index contributed by atoms with van der Waals surface area (Å²) < 4.78 is 5.21. The molecule has 0 aliphatic rings. The number of anilines is 1. The van der Waals surface area contributed by atoms with E-state index in [0.29, 0.717) is 27.6 Å². The second kappa shape index (κ2) is 6.62. The predicted octanol–water partition coefficient (Wildman–Crippen LogP) is 3.85. The van der Waals surface area contributed by atoms with Crippen LogP contribution in [-0.2, 0) is 4.79 Å². The summed E-state index contributed by atoms with van der Waals surface area (Å²) in [6.45, 7) is 3.21. The molecule has 1 N–H and O–H groups in total. The van der Waals surface area contributed by atoms with Crippen LogP contribution in [0.1, 0.15) is 28.4 Å². The molecule has 0 aliphatic heterocycles. The monoisotopic (exact) mass is 317 g/mol. The van der Waals surface area contributed by atoms with Crippen LogP contribution in [0.25, 0.3) is 0 Å². The number of hydrogen-bond donors (Lipinski definition) is 1. The average Bonchev–Trinajstić information content (AvgIpc) is 2.48. The van der Waals surface area contributed by atoms with Gasteiger partial charge in [-0.15, -0.1) is 0 Å². The molecule has 2 aromatic carbocycles. The van der Waals surface area contributed by atoms with Gasteiger partial charge in [0.2, 0.25) is 5.91 Å². The number of halogens is 1. The van der Waals surface area contributed by atoms with Gasteiger partial charge in [-0.2, -0.15) is 0 Å². The number of ether oxygens (including phenoxy) is 1. The third-order valence-electron chi connectivity index (χ3n) is 3.20. The van der Waals surface area contributed by atoms with Crippen molar-refractivity contribution < 1.29 is 14.3 Å². The molecular weight excluding hydrogens is 302 g/mol. The van der Waals surface area contributed by atoms with E-state index in [1.54, 1.807) is 36.4 Å². The highest BCUT2D eigenvalue weighted by Gasteiger charge is 2.18. The highest BCUT2D eigenvalue weighted by Crippen LogP contribution is 2.29. The van der Waals surface area contributed by atoms with Crippen LogP contribution in [-0.4, -0.2) is 18.8 Å². The smallest absolute Gasteiger partial charge is 0.221 e. The molecule has 2 rings (SSSR count). The van der Waals surface area contributed by atoms with Crippen LogP contribution in [0, 0.1) is 6.92 Å². The number of rotatable bonds is 4. The Labute approximate surface area is 134 Å². The standard InChI is InChI=1S/C17H16ClNO3/c1-10-8-14(22-3)9-15(16(10)19-11(2)20)17(21)12-4-6-13(18)7-5-12/h4-9H,1-3H3,(H,19,20). The fourth-order valence-corrected chi connectivity index (χ4v) is 2.28. The molecule has 0 atom stereocenters. The molecule has 0 heterocycles. The molecule has 0 spiro atoms. The summed E-state index contributed by atoms with van der Waals surface area (Å²) in [4.78, 5) is 24.1. The number of nitrogens with one attached hydrogen (secondary N) is 1. The van der Waals surface area contributed by atoms with Crippen molar-refractivity contribution in [1.29, 1.82) is 0 Å². The van der Waals surface area contributed by atoms with E-state index >= 15 is 0 Å². The van der Waals surface area contributed by atoms with E-state index in [1.807, 2.05) is 6.92 Å². The lowest BCUT2D eigenvalue weighted by Crippen LogP contribution is -2.13. The number of carbonyl (C=O) groups is 2. The van der Waals surface area contributed by atoms with Crippen molar-refractivity contribution in [1.82, 2.24) is 0 Å². The maximum Gasteiger partial charge on any atom is 0.221 e. The first-order chi connectivity index (χ1) is 10.4. The molecule has 0 fully saturated rings. The van der Waals surface area contributed by atoms with Crippen molar-refractivity contribution in [2.75, 3.05) is 12.4 Å². The van der Waals surface area contributed by atoms with Gasteiger partial charge in [0.15, 0.2) is 5.78 Å². The van der Waals surface area contributed by atoms with Crippen molar-refractivity contribution in [2.45, 2.75) is 13.8 Å². The molecule has 4 nitrogen and oxygen atoms in total. The van der Waals surface area contributed by atoms with Crippen LogP contribution in [0.2, 0.25) is 5.02 Å². The van der Waals surface area contributed by atoms with Crippen LogP contribution in [0.4, 0.5) is 5.69 Å². The number of benzene rings is 2. The van der Waals surface area contributed by atoms with Gasteiger partial charge in [-0.3, -0.25) is 9.59 Å². The van der Waals surface area contributed by atoms with Gasteiger partial charge in [-0.05, 0) is 48.9 Å². The molecule has 114 valence electrons. The molecule has 22 heavy (non-hydrogen) atoms. The van der Waals surface area contributed by atoms with Gasteiger partial charge in [-0.25, -0.2) is 0 Å². The van der Waals surface area contributed by atoms with Crippen LogP contribution in [0.3, 0.4) is 0 Å². The lowest BCUT2D eigenvalue weighted by atomic mass is 9.98. The normalized spacial score (nSPS) is 10.2. The summed E-state index contributed by atoms with van der Waals surface area (Å²) in [6.07, 6.45) is 0. The maximum atomic E-state index is 12.7. The van der Waals surface area contributed by atoms with Crippen molar-refractivity contribution in [2.24, 2.45) is 0 Å². The van der Waals surface area contributed by atoms with Gasteiger partial charge in [0.25, 0.3) is 0 Å². The summed E-state index contributed by atoms with van der Waals surface area (Å²) in [5.74, 6) is 0.116. The summed E-state index contributed by atoms with van der Waals surface area (Å²) in [7, 11) is 1.53. The lowest BCUT2D eigenvalue weighted by Gasteiger charge is -2.14. The average molecular weight is 318 g/mol. The Morgan fingerprint density at radius 1 is 1.14 bits per heavy atom. The second-order valence-corrected chi connectivity index (χ2v) is 5.32. The van der Waals surface area contributed by atoms with E-state index in [-0.39, 0.29) is 11.7 Å². The Morgan fingerprint density at radius 2 is 1.77 bits per heavy atom. The number of ketones is 1. The second-order valence-electron chi connectivity index (χ2n) is 4.88. The van der Waals surface area contributed by atoms with Crippen LogP contribution in [0.5, 0.6) is 5.75 Å². The number of carbonyl (C=O) groups excluding carboxylic acids is 2. The third-order valence-corrected chi connectivity index (χ3v) is 3.45. The minimum atomic E-state index is -0.238. The zero-order valence-electron chi connectivity index (χ0n) is 12.6. The van der Waals surface area contributed by atoms with Crippen LogP contribution in [0.15, 0.2) is 36.4 Å². The van der Waals surface area contributed by atoms with Gasteiger partial charge >= 0.3 is 0 Å². The van der Waals surface area contributed by atoms with Gasteiger partial charge < -0.3 is 10.1 Å². The first-order valence-corrected chi connectivity index (χ1v) is 7.06. The molecule has 0 radical (unpaired) electrons. The first kappa shape index (κ1) is 16.0. The highest BCUT2D eigenvalue weighted by atomic mass is 35.5. The van der Waals surface area contributed by atoms with E-state index in [2.05, 4.69) is 5.32 Å². The highest BCUT2D eigenvalue weighted by molar-refractivity contribution is 6.30. The molecule has 0 bridgehead atoms. The van der Waals surface area contributed by atoms with Gasteiger partial charge in [-0.1, -0.05) is 11.6 Å². The lowest BCUT2D eigenvalue weighted by molar-refractivity contribution is -0.114. The van der Waals surface area contributed by atoms with Crippen molar-refractivity contribution in [3.63, 3.8) is 0 Å². The number of hydrogen-bond acceptors (Lipinski definition) is 3. The largest absolute Gasteiger partial charge is 0.497 e. The van der Waals surface area contributed by atoms with Crippen molar-refractivity contribution >= 4 is 29.0 Å². The fourth-order valence-electron chi connectivity index (χ4n) is 2.15. The molecule has 0 saturated carbocycles. The molecular formula is C17H16ClNO3. The van der Waals surface area contributed by atoms with E-state index < -0.39 is 0 Å². The predicted molar refractivity (Wildman–Crippen MR) is 86.9 cm³/mol. The van der Waals surface area contributed by atoms with E-state index in [0.717, 1.165) is 5.56 Å². The van der Waals surface area contributed by atoms with E-state index in [1.165, 1.54) is 14.0 Å². The maximum absolute atomic E-state index is 12.7. The zero-order chi connectivity index (χ0) is 16.3. The Bertz CT molecular complexity index is 723. The SMILES string of the molecule is COc1cc(C)c(NC(C)=O)c(C(=O)c2ccc(Cl)cc2)c1. The Hall–Kier alpha value is -2.33. The number of aryl methyl sites for hydroxylation is 1. The third kappa shape index (κ3) is 3.46. The molecule has 2 aromatic rings. The Kier molecular flexibility index (Phi) is 4.83. The topological polar surface area (TPSA) is 55.4 Å². The zero-order valence-corrected chi connectivity index (χ0v) is 13.3. The van der Waals surface area contributed by atoms with Crippen LogP contribution < -0.4 is 10.1 Å². The summed E-state index contributed by atoms with van der Waals surface area (Å²) in [6, 6.07) is 9.99. The molecule has 0 aliphatic carbocycles. The number of methoxy groups -OCH3 is 1. The van der Waals surface area contributed by atoms with E-state index in [9.17, 15) is 9.59 Å². The summed E-state index contributed by atoms with van der Waals surface area (Å²) in [5, 5.41) is 3.27. The van der Waals surface area contributed by atoms with Crippen molar-refractivity contribution in [3.05, 3.63) is 58.1 Å². The molecule has 0 aromatic heterocycles. The van der Waals surface area contributed by atoms with Gasteiger partial charge in [0, 0.05) is 17.5 Å². The first-order valence-electron chi connectivity index (χ1n) is 6.69. The minimum absolute atomic E-state index is 0.206. The van der Waals surface area contributed by atoms with Gasteiger partial charge in [0.1, 0.15) is 5.75 Å². The van der Waals surface area contributed by atoms with Crippen LogP contribution >= 0.6 is 11.6 Å². The quantitative estimate of drug-likeness (QED) is 0.871. The Morgan fingerprint density at radius 3 is 2.32 bits per heavy atom. The molecule has 0 unspecified atom stereocenters. The molecule has 5 heteroatoms. The Balaban J connectivity index is 2.55. The number of amides is 1. The summed E-state index contributed by atoms with van der Waals surface area (Å²) in [5.41, 5.74) is 2.12. The minimum Gasteiger partial charge on any atom is -0.497 e. The molecule has 1 amide bonds. The summed E-state index contributed by atoms with van der Waals surface area (Å²) >= 11 is 5.85.